The summed E-state index contributed by atoms with van der Waals surface area (Å²) in [6, 6.07) is 12.9. The van der Waals surface area contributed by atoms with Crippen LogP contribution in [0.4, 0.5) is 14.9 Å². The first-order valence-electron chi connectivity index (χ1n) is 8.51. The summed E-state index contributed by atoms with van der Waals surface area (Å²) in [6.07, 6.45) is 0. The van der Waals surface area contributed by atoms with E-state index < -0.39 is 6.04 Å². The molecule has 0 spiro atoms. The molecular weight excluding hydrogens is 333 g/mol. The van der Waals surface area contributed by atoms with Gasteiger partial charge in [0.1, 0.15) is 11.9 Å². The molecule has 1 aliphatic rings. The number of nitrogens with zero attached hydrogens (tertiary/aromatic N) is 3. The number of amides is 3. The van der Waals surface area contributed by atoms with Crippen LogP contribution in [0.2, 0.25) is 0 Å². The Morgan fingerprint density at radius 1 is 1.12 bits per heavy atom. The van der Waals surface area contributed by atoms with E-state index in [2.05, 4.69) is 0 Å². The lowest BCUT2D eigenvalue weighted by Gasteiger charge is -2.23. The third kappa shape index (κ3) is 3.60. The fourth-order valence-electron chi connectivity index (χ4n) is 3.13. The van der Waals surface area contributed by atoms with Crippen molar-refractivity contribution in [2.45, 2.75) is 26.4 Å². The van der Waals surface area contributed by atoms with Gasteiger partial charge in [-0.25, -0.2) is 14.1 Å². The molecule has 3 amide bonds. The average Bonchev–Trinajstić information content (AvgIpc) is 2.80. The maximum Gasteiger partial charge on any atom is 0.333 e. The molecule has 0 radical (unpaired) electrons. The summed E-state index contributed by atoms with van der Waals surface area (Å²) in [7, 11) is 1.80. The van der Waals surface area contributed by atoms with Gasteiger partial charge in [-0.15, -0.1) is 0 Å². The Morgan fingerprint density at radius 2 is 1.81 bits per heavy atom. The van der Waals surface area contributed by atoms with Crippen LogP contribution in [0.25, 0.3) is 0 Å². The van der Waals surface area contributed by atoms with Crippen LogP contribution in [0.3, 0.4) is 0 Å². The topological polar surface area (TPSA) is 43.9 Å². The predicted octanol–water partition coefficient (Wildman–Crippen LogP) is 3.38. The van der Waals surface area contributed by atoms with Crippen molar-refractivity contribution < 1.29 is 14.0 Å². The van der Waals surface area contributed by atoms with E-state index >= 15 is 0 Å². The molecule has 6 heteroatoms. The maximum absolute atomic E-state index is 13.3. The highest BCUT2D eigenvalue weighted by molar-refractivity contribution is 6.14. The minimum absolute atomic E-state index is 0.154. The number of imide groups is 1. The summed E-state index contributed by atoms with van der Waals surface area (Å²) >= 11 is 0. The van der Waals surface area contributed by atoms with E-state index in [0.717, 1.165) is 11.1 Å². The Bertz CT molecular complexity index is 822. The smallest absolute Gasteiger partial charge is 0.284 e. The van der Waals surface area contributed by atoms with Crippen LogP contribution in [-0.4, -0.2) is 41.5 Å². The number of rotatable bonds is 5. The molecule has 2 aromatic rings. The SMILES string of the molecule is Cc1ccc(N2C(=O)N(CN(C)Cc3cccc(F)c3)C(=O)[C@H]2C)cc1. The Morgan fingerprint density at radius 3 is 2.46 bits per heavy atom. The number of carbonyl (C=O) groups is 2. The predicted molar refractivity (Wildman–Crippen MR) is 98.1 cm³/mol. The van der Waals surface area contributed by atoms with Crippen molar-refractivity contribution >= 4 is 17.6 Å². The monoisotopic (exact) mass is 355 g/mol. The lowest BCUT2D eigenvalue weighted by molar-refractivity contribution is -0.128. The Balaban J connectivity index is 1.72. The van der Waals surface area contributed by atoms with Gasteiger partial charge in [0.05, 0.1) is 6.67 Å². The molecule has 0 saturated carbocycles. The summed E-state index contributed by atoms with van der Waals surface area (Å²) in [5, 5.41) is 0. The molecular formula is C20H22FN3O2. The van der Waals surface area contributed by atoms with Crippen LogP contribution < -0.4 is 4.90 Å². The minimum Gasteiger partial charge on any atom is -0.284 e. The maximum atomic E-state index is 13.3. The molecule has 0 unspecified atom stereocenters. The van der Waals surface area contributed by atoms with Crippen LogP contribution in [0.15, 0.2) is 48.5 Å². The molecule has 136 valence electrons. The zero-order valence-corrected chi connectivity index (χ0v) is 15.1. The highest BCUT2D eigenvalue weighted by Crippen LogP contribution is 2.26. The van der Waals surface area contributed by atoms with Crippen molar-refractivity contribution in [3.8, 4) is 0 Å². The summed E-state index contributed by atoms with van der Waals surface area (Å²) in [5.41, 5.74) is 2.58. The summed E-state index contributed by atoms with van der Waals surface area (Å²) in [6.45, 7) is 4.29. The Labute approximate surface area is 152 Å². The standard InChI is InChI=1S/C20H22FN3O2/c1-14-7-9-18(10-8-14)24-15(2)19(25)23(20(24)26)13-22(3)12-16-5-4-6-17(21)11-16/h4-11,15H,12-13H2,1-3H3/t15-/m1/s1. The molecule has 3 rings (SSSR count). The zero-order chi connectivity index (χ0) is 18.8. The third-order valence-corrected chi connectivity index (χ3v) is 4.48. The molecule has 1 atom stereocenters. The number of hydrogen-bond donors (Lipinski definition) is 0. The van der Waals surface area contributed by atoms with Gasteiger partial charge in [-0.2, -0.15) is 0 Å². The molecule has 1 aliphatic heterocycles. The second-order valence-electron chi connectivity index (χ2n) is 6.72. The molecule has 2 aromatic carbocycles. The van der Waals surface area contributed by atoms with E-state index in [4.69, 9.17) is 0 Å². The number of benzene rings is 2. The van der Waals surface area contributed by atoms with Crippen molar-refractivity contribution in [2.75, 3.05) is 18.6 Å². The average molecular weight is 355 g/mol. The van der Waals surface area contributed by atoms with Crippen LogP contribution in [0.1, 0.15) is 18.1 Å². The Kier molecular flexibility index (Phi) is 5.04. The van der Waals surface area contributed by atoms with Crippen molar-refractivity contribution in [2.24, 2.45) is 0 Å². The van der Waals surface area contributed by atoms with Gasteiger partial charge in [0, 0.05) is 12.2 Å². The molecule has 26 heavy (non-hydrogen) atoms. The summed E-state index contributed by atoms with van der Waals surface area (Å²) in [4.78, 5) is 30.0. The van der Waals surface area contributed by atoms with Crippen LogP contribution >= 0.6 is 0 Å². The van der Waals surface area contributed by atoms with Crippen molar-refractivity contribution in [1.29, 1.82) is 0 Å². The molecule has 1 fully saturated rings. The zero-order valence-electron chi connectivity index (χ0n) is 15.1. The fraction of sp³-hybridized carbons (Fsp3) is 0.300. The van der Waals surface area contributed by atoms with Crippen LogP contribution in [0, 0.1) is 12.7 Å². The highest BCUT2D eigenvalue weighted by atomic mass is 19.1. The van der Waals surface area contributed by atoms with E-state index in [1.807, 2.05) is 42.2 Å². The number of hydrogen-bond acceptors (Lipinski definition) is 3. The second kappa shape index (κ2) is 7.25. The highest BCUT2D eigenvalue weighted by Gasteiger charge is 2.43. The summed E-state index contributed by atoms with van der Waals surface area (Å²) < 4.78 is 13.3. The summed E-state index contributed by atoms with van der Waals surface area (Å²) in [5.74, 6) is -0.537. The van der Waals surface area contributed by atoms with E-state index in [9.17, 15) is 14.0 Å². The molecule has 0 bridgehead atoms. The van der Waals surface area contributed by atoms with E-state index in [-0.39, 0.29) is 24.4 Å². The van der Waals surface area contributed by atoms with Crippen molar-refractivity contribution in [1.82, 2.24) is 9.80 Å². The first-order valence-corrected chi connectivity index (χ1v) is 8.51. The van der Waals surface area contributed by atoms with Crippen molar-refractivity contribution in [3.63, 3.8) is 0 Å². The van der Waals surface area contributed by atoms with Gasteiger partial charge in [0.2, 0.25) is 0 Å². The van der Waals surface area contributed by atoms with Gasteiger partial charge >= 0.3 is 6.03 Å². The number of carbonyl (C=O) groups excluding carboxylic acids is 2. The molecule has 0 aromatic heterocycles. The molecule has 0 aliphatic carbocycles. The molecule has 0 N–H and O–H groups in total. The van der Waals surface area contributed by atoms with Crippen LogP contribution in [0.5, 0.6) is 0 Å². The number of aryl methyl sites for hydroxylation is 1. The van der Waals surface area contributed by atoms with Gasteiger partial charge in [-0.05, 0) is 50.7 Å². The van der Waals surface area contributed by atoms with Gasteiger partial charge in [0.15, 0.2) is 0 Å². The first kappa shape index (κ1) is 18.1. The lowest BCUT2D eigenvalue weighted by atomic mass is 10.2. The van der Waals surface area contributed by atoms with E-state index in [1.54, 1.807) is 20.0 Å². The van der Waals surface area contributed by atoms with Crippen LogP contribution in [-0.2, 0) is 11.3 Å². The number of halogens is 1. The largest absolute Gasteiger partial charge is 0.333 e. The van der Waals surface area contributed by atoms with Gasteiger partial charge < -0.3 is 0 Å². The van der Waals surface area contributed by atoms with E-state index in [0.29, 0.717) is 12.2 Å². The molecule has 5 nitrogen and oxygen atoms in total. The fourth-order valence-corrected chi connectivity index (χ4v) is 3.13. The first-order chi connectivity index (χ1) is 12.4. The lowest BCUT2D eigenvalue weighted by Crippen LogP contribution is -2.40. The van der Waals surface area contributed by atoms with Crippen molar-refractivity contribution in [3.05, 3.63) is 65.5 Å². The molecule has 1 heterocycles. The van der Waals surface area contributed by atoms with E-state index in [1.165, 1.54) is 21.9 Å². The van der Waals surface area contributed by atoms with Gasteiger partial charge in [-0.1, -0.05) is 29.8 Å². The quantitative estimate of drug-likeness (QED) is 0.773. The van der Waals surface area contributed by atoms with Gasteiger partial charge in [-0.3, -0.25) is 14.6 Å². The molecule has 1 saturated heterocycles. The second-order valence-corrected chi connectivity index (χ2v) is 6.72. The number of anilines is 1. The minimum atomic E-state index is -0.548. The number of urea groups is 1. The van der Waals surface area contributed by atoms with Gasteiger partial charge in [0.25, 0.3) is 5.91 Å². The third-order valence-electron chi connectivity index (χ3n) is 4.48. The normalized spacial score (nSPS) is 17.5. The Hall–Kier alpha value is -2.73.